The zero-order valence-electron chi connectivity index (χ0n) is 21.5. The van der Waals surface area contributed by atoms with Crippen molar-refractivity contribution in [3.63, 3.8) is 0 Å². The fraction of sp³-hybridized carbons (Fsp3) is 0.259. The van der Waals surface area contributed by atoms with Crippen molar-refractivity contribution < 1.29 is 31.9 Å². The van der Waals surface area contributed by atoms with Gasteiger partial charge in [0, 0.05) is 13.6 Å². The quantitative estimate of drug-likeness (QED) is 0.398. The van der Waals surface area contributed by atoms with Crippen LogP contribution in [0.15, 0.2) is 77.7 Å². The van der Waals surface area contributed by atoms with Crippen LogP contribution >= 0.6 is 0 Å². The third kappa shape index (κ3) is 6.41. The molecule has 0 radical (unpaired) electrons. The lowest BCUT2D eigenvalue weighted by molar-refractivity contribution is -0.139. The summed E-state index contributed by atoms with van der Waals surface area (Å²) in [6.07, 6.45) is 0. The minimum Gasteiger partial charge on any atom is -0.497 e. The van der Waals surface area contributed by atoms with Crippen molar-refractivity contribution in [3.8, 4) is 11.5 Å². The number of carbonyl (C=O) groups is 2. The molecule has 3 aromatic carbocycles. The zero-order valence-corrected chi connectivity index (χ0v) is 22.4. The average molecular weight is 544 g/mol. The van der Waals surface area contributed by atoms with Gasteiger partial charge in [0.1, 0.15) is 29.9 Å². The van der Waals surface area contributed by atoms with Gasteiger partial charge in [0.05, 0.1) is 24.8 Å². The largest absolute Gasteiger partial charge is 0.497 e. The Labute approximate surface area is 221 Å². The van der Waals surface area contributed by atoms with E-state index in [4.69, 9.17) is 9.47 Å². The molecule has 1 N–H and O–H groups in total. The van der Waals surface area contributed by atoms with Crippen LogP contribution in [0.3, 0.4) is 0 Å². The lowest BCUT2D eigenvalue weighted by Crippen LogP contribution is -2.50. The second-order valence-electron chi connectivity index (χ2n) is 8.30. The Kier molecular flexibility index (Phi) is 9.30. The Bertz CT molecular complexity index is 1360. The van der Waals surface area contributed by atoms with E-state index in [1.54, 1.807) is 18.2 Å². The molecule has 38 heavy (non-hydrogen) atoms. The SMILES string of the molecule is CNC(=O)[C@H](C)N(Cc1ccc(F)cc1)C(=O)CN(c1ccccc1OC)S(=O)(=O)c1ccc(OC)cc1. The van der Waals surface area contributed by atoms with E-state index < -0.39 is 40.2 Å². The van der Waals surface area contributed by atoms with Gasteiger partial charge in [-0.25, -0.2) is 12.8 Å². The minimum absolute atomic E-state index is 0.0456. The van der Waals surface area contributed by atoms with Crippen LogP contribution in [0.25, 0.3) is 0 Å². The normalized spacial score (nSPS) is 11.8. The molecule has 0 bridgehead atoms. The molecule has 0 saturated carbocycles. The van der Waals surface area contributed by atoms with Gasteiger partial charge in [0.25, 0.3) is 10.0 Å². The third-order valence-electron chi connectivity index (χ3n) is 5.96. The van der Waals surface area contributed by atoms with Gasteiger partial charge in [0.2, 0.25) is 11.8 Å². The van der Waals surface area contributed by atoms with Crippen molar-refractivity contribution >= 4 is 27.5 Å². The van der Waals surface area contributed by atoms with Crippen molar-refractivity contribution in [1.29, 1.82) is 0 Å². The Morgan fingerprint density at radius 1 is 0.947 bits per heavy atom. The van der Waals surface area contributed by atoms with Gasteiger partial charge < -0.3 is 19.7 Å². The van der Waals surface area contributed by atoms with Crippen LogP contribution in [0.4, 0.5) is 10.1 Å². The van der Waals surface area contributed by atoms with E-state index in [-0.39, 0.29) is 22.9 Å². The number of nitrogens with zero attached hydrogens (tertiary/aromatic N) is 2. The molecule has 2 amide bonds. The van der Waals surface area contributed by atoms with Crippen LogP contribution in [0.2, 0.25) is 0 Å². The number of nitrogens with one attached hydrogen (secondary N) is 1. The summed E-state index contributed by atoms with van der Waals surface area (Å²) in [7, 11) is 0.0301. The molecule has 0 aliphatic heterocycles. The first-order chi connectivity index (χ1) is 18.1. The van der Waals surface area contributed by atoms with Crippen LogP contribution in [0.5, 0.6) is 11.5 Å². The van der Waals surface area contributed by atoms with Gasteiger partial charge in [-0.1, -0.05) is 24.3 Å². The maximum absolute atomic E-state index is 13.9. The molecule has 0 unspecified atom stereocenters. The summed E-state index contributed by atoms with van der Waals surface area (Å²) in [4.78, 5) is 27.4. The summed E-state index contributed by atoms with van der Waals surface area (Å²) in [5.41, 5.74) is 0.714. The lowest BCUT2D eigenvalue weighted by atomic mass is 10.1. The van der Waals surface area contributed by atoms with Crippen LogP contribution in [0, 0.1) is 5.82 Å². The summed E-state index contributed by atoms with van der Waals surface area (Å²) in [6, 6.07) is 16.7. The van der Waals surface area contributed by atoms with Gasteiger partial charge >= 0.3 is 0 Å². The summed E-state index contributed by atoms with van der Waals surface area (Å²) in [6.45, 7) is 0.860. The first-order valence-electron chi connectivity index (χ1n) is 11.7. The predicted molar refractivity (Wildman–Crippen MR) is 141 cm³/mol. The number of anilines is 1. The Morgan fingerprint density at radius 2 is 1.58 bits per heavy atom. The molecule has 3 aromatic rings. The van der Waals surface area contributed by atoms with E-state index in [0.29, 0.717) is 11.3 Å². The van der Waals surface area contributed by atoms with Crippen molar-refractivity contribution in [1.82, 2.24) is 10.2 Å². The second kappa shape index (κ2) is 12.4. The average Bonchev–Trinajstić information content (AvgIpc) is 2.94. The Balaban J connectivity index is 2.06. The van der Waals surface area contributed by atoms with Crippen molar-refractivity contribution in [2.24, 2.45) is 0 Å². The first-order valence-corrected chi connectivity index (χ1v) is 13.1. The van der Waals surface area contributed by atoms with Gasteiger partial charge in [-0.3, -0.25) is 13.9 Å². The number of benzene rings is 3. The van der Waals surface area contributed by atoms with Crippen molar-refractivity contribution in [3.05, 3.63) is 84.2 Å². The number of amides is 2. The molecular formula is C27H30FN3O6S. The van der Waals surface area contributed by atoms with Gasteiger partial charge in [-0.15, -0.1) is 0 Å². The monoisotopic (exact) mass is 543 g/mol. The molecule has 0 saturated heterocycles. The summed E-state index contributed by atoms with van der Waals surface area (Å²) in [5, 5.41) is 2.51. The van der Waals surface area contributed by atoms with E-state index in [2.05, 4.69) is 5.32 Å². The van der Waals surface area contributed by atoms with E-state index in [1.807, 2.05) is 0 Å². The van der Waals surface area contributed by atoms with Crippen LogP contribution in [0.1, 0.15) is 12.5 Å². The highest BCUT2D eigenvalue weighted by Crippen LogP contribution is 2.33. The number of rotatable bonds is 11. The van der Waals surface area contributed by atoms with Crippen LogP contribution in [-0.2, 0) is 26.2 Å². The molecule has 9 nitrogen and oxygen atoms in total. The second-order valence-corrected chi connectivity index (χ2v) is 10.2. The maximum atomic E-state index is 13.9. The Hall–Kier alpha value is -4.12. The fourth-order valence-corrected chi connectivity index (χ4v) is 5.23. The molecule has 3 rings (SSSR count). The van der Waals surface area contributed by atoms with Crippen LogP contribution < -0.4 is 19.1 Å². The van der Waals surface area contributed by atoms with E-state index >= 15 is 0 Å². The maximum Gasteiger partial charge on any atom is 0.264 e. The van der Waals surface area contributed by atoms with E-state index in [1.165, 1.54) is 87.7 Å². The van der Waals surface area contributed by atoms with Gasteiger partial charge in [-0.2, -0.15) is 0 Å². The number of hydrogen-bond donors (Lipinski definition) is 1. The molecule has 11 heteroatoms. The standard InChI is InChI=1S/C27H30FN3O6S/c1-19(27(33)29-2)30(17-20-9-11-21(28)12-10-20)26(32)18-31(24-7-5-6-8-25(24)37-4)38(34,35)23-15-13-22(36-3)14-16-23/h5-16,19H,17-18H2,1-4H3,(H,29,33)/t19-/m0/s1. The number of para-hydroxylation sites is 2. The van der Waals surface area contributed by atoms with Crippen LogP contribution in [-0.4, -0.2) is 59.0 Å². The number of hydrogen-bond acceptors (Lipinski definition) is 6. The summed E-state index contributed by atoms with van der Waals surface area (Å²) < 4.78 is 52.6. The molecular weight excluding hydrogens is 513 g/mol. The van der Waals surface area contributed by atoms with Crippen molar-refractivity contribution in [2.75, 3.05) is 32.1 Å². The number of methoxy groups -OCH3 is 2. The number of ether oxygens (including phenoxy) is 2. The van der Waals surface area contributed by atoms with E-state index in [9.17, 15) is 22.4 Å². The molecule has 0 spiro atoms. The van der Waals surface area contributed by atoms with E-state index in [0.717, 1.165) is 4.31 Å². The van der Waals surface area contributed by atoms with Gasteiger partial charge in [0.15, 0.2) is 0 Å². The highest BCUT2D eigenvalue weighted by molar-refractivity contribution is 7.92. The highest BCUT2D eigenvalue weighted by Gasteiger charge is 2.33. The highest BCUT2D eigenvalue weighted by atomic mass is 32.2. The topological polar surface area (TPSA) is 105 Å². The minimum atomic E-state index is -4.27. The molecule has 0 aliphatic rings. The third-order valence-corrected chi connectivity index (χ3v) is 7.73. The smallest absolute Gasteiger partial charge is 0.264 e. The lowest BCUT2D eigenvalue weighted by Gasteiger charge is -2.32. The number of carbonyl (C=O) groups excluding carboxylic acids is 2. The zero-order chi connectivity index (χ0) is 27.9. The fourth-order valence-electron chi connectivity index (χ4n) is 3.80. The Morgan fingerprint density at radius 3 is 2.16 bits per heavy atom. The predicted octanol–water partition coefficient (Wildman–Crippen LogP) is 3.20. The first kappa shape index (κ1) is 28.5. The molecule has 0 aromatic heterocycles. The molecule has 202 valence electrons. The molecule has 0 fully saturated rings. The molecule has 1 atom stereocenters. The summed E-state index contributed by atoms with van der Waals surface area (Å²) >= 11 is 0. The number of likely N-dealkylation sites (N-methyl/N-ethyl adjacent to an activating group) is 1. The van der Waals surface area contributed by atoms with Gasteiger partial charge in [-0.05, 0) is 61.0 Å². The number of halogens is 1. The number of sulfonamides is 1. The summed E-state index contributed by atoms with van der Waals surface area (Å²) in [5.74, 6) is -0.829. The van der Waals surface area contributed by atoms with Crippen molar-refractivity contribution in [2.45, 2.75) is 24.4 Å². The molecule has 0 aliphatic carbocycles. The molecule has 0 heterocycles.